The highest BCUT2D eigenvalue weighted by Crippen LogP contribution is 2.25. The first-order chi connectivity index (χ1) is 12.1. The highest BCUT2D eigenvalue weighted by molar-refractivity contribution is 5.86. The van der Waals surface area contributed by atoms with Gasteiger partial charge in [0, 0.05) is 18.4 Å². The molecule has 2 nitrogen and oxygen atoms in total. The zero-order chi connectivity index (χ0) is 18.5. The molecule has 0 aliphatic heterocycles. The molecule has 0 radical (unpaired) electrons. The average molecular weight is 338 g/mol. The number of carbonyl (C=O) groups excluding carboxylic acids is 1. The minimum absolute atomic E-state index is 0.00481. The molecule has 134 valence electrons. The largest absolute Gasteiger partial charge is 0.307 e. The monoisotopic (exact) mass is 337 g/mol. The van der Waals surface area contributed by atoms with Gasteiger partial charge in [0.1, 0.15) is 5.78 Å². The number of carbonyl (C=O) groups is 1. The molecular formula is C23H31NO. The second-order valence-electron chi connectivity index (χ2n) is 6.41. The molecule has 0 N–H and O–H groups in total. The van der Waals surface area contributed by atoms with Gasteiger partial charge in [0.05, 0.1) is 0 Å². The van der Waals surface area contributed by atoms with E-state index in [1.807, 2.05) is 73.7 Å². The van der Waals surface area contributed by atoms with Crippen molar-refractivity contribution in [2.45, 2.75) is 38.6 Å². The molecule has 2 rings (SSSR count). The molecule has 0 saturated heterocycles. The molecule has 0 spiro atoms. The number of ketones is 1. The summed E-state index contributed by atoms with van der Waals surface area (Å²) < 4.78 is 0. The summed E-state index contributed by atoms with van der Waals surface area (Å²) in [5.74, 6) is 0.299. The van der Waals surface area contributed by atoms with Crippen LogP contribution in [-0.4, -0.2) is 30.8 Å². The number of allylic oxidation sites excluding steroid dienone is 2. The lowest BCUT2D eigenvalue weighted by molar-refractivity contribution is -0.120. The summed E-state index contributed by atoms with van der Waals surface area (Å²) in [6, 6.07) is 22.5. The van der Waals surface area contributed by atoms with E-state index >= 15 is 0 Å². The molecule has 25 heavy (non-hydrogen) atoms. The van der Waals surface area contributed by atoms with E-state index in [0.29, 0.717) is 18.2 Å². The number of hydrogen-bond donors (Lipinski definition) is 0. The number of nitrogens with zero attached hydrogens (tertiary/aromatic N) is 1. The molecule has 0 aliphatic rings. The average Bonchev–Trinajstić information content (AvgIpc) is 2.66. The van der Waals surface area contributed by atoms with Crippen LogP contribution in [0.25, 0.3) is 0 Å². The van der Waals surface area contributed by atoms with E-state index in [4.69, 9.17) is 0 Å². The first kappa shape index (κ1) is 20.9. The highest BCUT2D eigenvalue weighted by Gasteiger charge is 2.22. The summed E-state index contributed by atoms with van der Waals surface area (Å²) in [6.07, 6.45) is 5.28. The van der Waals surface area contributed by atoms with Crippen molar-refractivity contribution in [2.75, 3.05) is 14.1 Å². The molecule has 2 aromatic carbocycles. The lowest BCUT2D eigenvalue weighted by Crippen LogP contribution is -2.28. The molecule has 2 aromatic rings. The second-order valence-corrected chi connectivity index (χ2v) is 6.41. The van der Waals surface area contributed by atoms with Crippen molar-refractivity contribution >= 4 is 5.78 Å². The fraction of sp³-hybridized carbons (Fsp3) is 0.348. The quantitative estimate of drug-likeness (QED) is 0.636. The molecule has 2 atom stereocenters. The van der Waals surface area contributed by atoms with Crippen LogP contribution in [0, 0.1) is 0 Å². The normalized spacial score (nSPS) is 13.2. The second kappa shape index (κ2) is 12.2. The Morgan fingerprint density at radius 2 is 1.44 bits per heavy atom. The molecule has 0 bridgehead atoms. The van der Waals surface area contributed by atoms with Crippen molar-refractivity contribution in [3.05, 3.63) is 84.4 Å². The summed E-state index contributed by atoms with van der Waals surface area (Å²) in [6.45, 7) is 4.12. The molecule has 0 amide bonds. The zero-order valence-electron chi connectivity index (χ0n) is 15.9. The van der Waals surface area contributed by atoms with E-state index in [9.17, 15) is 4.79 Å². The van der Waals surface area contributed by atoms with Crippen LogP contribution in [0.15, 0.2) is 78.9 Å². The van der Waals surface area contributed by atoms with Crippen molar-refractivity contribution in [2.24, 2.45) is 0 Å². The summed E-state index contributed by atoms with van der Waals surface area (Å²) in [4.78, 5) is 14.6. The molecule has 0 heterocycles. The van der Waals surface area contributed by atoms with E-state index in [1.54, 1.807) is 0 Å². The summed E-state index contributed by atoms with van der Waals surface area (Å²) in [5.41, 5.74) is 1.13. The van der Waals surface area contributed by atoms with Crippen LogP contribution in [-0.2, 0) is 4.79 Å². The molecular weight excluding hydrogens is 306 g/mol. The molecule has 0 fully saturated rings. The Kier molecular flexibility index (Phi) is 10.2. The Morgan fingerprint density at radius 1 is 0.960 bits per heavy atom. The van der Waals surface area contributed by atoms with Gasteiger partial charge in [0.2, 0.25) is 0 Å². The van der Waals surface area contributed by atoms with Crippen molar-refractivity contribution in [3.8, 4) is 0 Å². The molecule has 0 saturated carbocycles. The van der Waals surface area contributed by atoms with Gasteiger partial charge in [-0.05, 0) is 39.9 Å². The van der Waals surface area contributed by atoms with Crippen LogP contribution >= 0.6 is 0 Å². The maximum absolute atomic E-state index is 12.4. The molecule has 0 aliphatic carbocycles. The van der Waals surface area contributed by atoms with Crippen LogP contribution in [0.4, 0.5) is 0 Å². The smallest absolute Gasteiger partial charge is 0.144 e. The van der Waals surface area contributed by atoms with Gasteiger partial charge in [-0.3, -0.25) is 4.79 Å². The third kappa shape index (κ3) is 8.46. The predicted octanol–water partition coefficient (Wildman–Crippen LogP) is 5.33. The fourth-order valence-corrected chi connectivity index (χ4v) is 2.45. The van der Waals surface area contributed by atoms with Gasteiger partial charge in [0.25, 0.3) is 0 Å². The van der Waals surface area contributed by atoms with Crippen LogP contribution in [0.5, 0.6) is 0 Å². The maximum atomic E-state index is 12.4. The van der Waals surface area contributed by atoms with Crippen molar-refractivity contribution in [3.63, 3.8) is 0 Å². The Labute approximate surface area is 153 Å². The SMILES string of the molecule is C/C=C/CC(=O)[C@@H](C[C@H](C)N(C)C)c1ccccc1.c1ccccc1. The first-order valence-corrected chi connectivity index (χ1v) is 8.91. The zero-order valence-corrected chi connectivity index (χ0v) is 15.9. The number of rotatable bonds is 7. The summed E-state index contributed by atoms with van der Waals surface area (Å²) in [7, 11) is 4.12. The third-order valence-electron chi connectivity index (χ3n) is 4.27. The third-order valence-corrected chi connectivity index (χ3v) is 4.27. The van der Waals surface area contributed by atoms with Crippen LogP contribution < -0.4 is 0 Å². The number of benzene rings is 2. The summed E-state index contributed by atoms with van der Waals surface area (Å²) in [5, 5.41) is 0. The molecule has 2 heteroatoms. The van der Waals surface area contributed by atoms with Crippen molar-refractivity contribution in [1.82, 2.24) is 4.90 Å². The lowest BCUT2D eigenvalue weighted by atomic mass is 9.87. The van der Waals surface area contributed by atoms with Gasteiger partial charge in [-0.15, -0.1) is 0 Å². The molecule has 0 unspecified atom stereocenters. The van der Waals surface area contributed by atoms with Gasteiger partial charge >= 0.3 is 0 Å². The van der Waals surface area contributed by atoms with Gasteiger partial charge in [0.15, 0.2) is 0 Å². The number of Topliss-reactive ketones (excluding diaryl/α,β-unsaturated/α-hetero) is 1. The van der Waals surface area contributed by atoms with Gasteiger partial charge in [-0.25, -0.2) is 0 Å². The van der Waals surface area contributed by atoms with E-state index in [0.717, 1.165) is 12.0 Å². The number of hydrogen-bond acceptors (Lipinski definition) is 2. The Morgan fingerprint density at radius 3 is 1.88 bits per heavy atom. The van der Waals surface area contributed by atoms with E-state index in [-0.39, 0.29) is 5.92 Å². The van der Waals surface area contributed by atoms with Crippen molar-refractivity contribution < 1.29 is 4.79 Å². The van der Waals surface area contributed by atoms with Gasteiger partial charge < -0.3 is 4.90 Å². The first-order valence-electron chi connectivity index (χ1n) is 8.91. The Bertz CT molecular complexity index is 578. The minimum Gasteiger partial charge on any atom is -0.307 e. The van der Waals surface area contributed by atoms with Crippen LogP contribution in [0.3, 0.4) is 0 Å². The van der Waals surface area contributed by atoms with Gasteiger partial charge in [-0.1, -0.05) is 78.9 Å². The fourth-order valence-electron chi connectivity index (χ4n) is 2.45. The Hall–Kier alpha value is -2.19. The van der Waals surface area contributed by atoms with E-state index in [1.165, 1.54) is 0 Å². The lowest BCUT2D eigenvalue weighted by Gasteiger charge is -2.25. The standard InChI is InChI=1S/C17H25NO.C6H6/c1-5-6-12-17(19)16(13-14(2)18(3)4)15-10-8-7-9-11-15;1-2-4-6-5-3-1/h5-11,14,16H,12-13H2,1-4H3;1-6H/b6-5+;/t14-,16-;/m0./s1. The minimum atomic E-state index is -0.00481. The molecule has 0 aromatic heterocycles. The van der Waals surface area contributed by atoms with Crippen molar-refractivity contribution in [1.29, 1.82) is 0 Å². The summed E-state index contributed by atoms with van der Waals surface area (Å²) >= 11 is 0. The topological polar surface area (TPSA) is 20.3 Å². The highest BCUT2D eigenvalue weighted by atomic mass is 16.1. The van der Waals surface area contributed by atoms with Crippen LogP contribution in [0.2, 0.25) is 0 Å². The van der Waals surface area contributed by atoms with Gasteiger partial charge in [-0.2, -0.15) is 0 Å². The van der Waals surface area contributed by atoms with E-state index < -0.39 is 0 Å². The Balaban J connectivity index is 0.000000435. The maximum Gasteiger partial charge on any atom is 0.144 e. The van der Waals surface area contributed by atoms with E-state index in [2.05, 4.69) is 38.1 Å². The predicted molar refractivity (Wildman–Crippen MR) is 108 cm³/mol. The van der Waals surface area contributed by atoms with Crippen LogP contribution in [0.1, 0.15) is 38.2 Å².